The molecule has 0 heterocycles. The molecule has 0 aromatic heterocycles. The van der Waals surface area contributed by atoms with Crippen molar-refractivity contribution < 1.29 is 14.3 Å². The summed E-state index contributed by atoms with van der Waals surface area (Å²) in [5.74, 6) is 0.513. The Kier molecular flexibility index (Phi) is 7.15. The molecule has 2 unspecified atom stereocenters. The highest BCUT2D eigenvalue weighted by Crippen LogP contribution is 2.10. The number of carbonyl (C=O) groups is 2. The number of thioether (sulfide) groups is 1. The molecular weight excluding hydrogens is 216 g/mol. The summed E-state index contributed by atoms with van der Waals surface area (Å²) in [7, 11) is 1.31. The zero-order chi connectivity index (χ0) is 11.8. The first kappa shape index (κ1) is 14.2. The lowest BCUT2D eigenvalue weighted by atomic mass is 10.2. The van der Waals surface area contributed by atoms with E-state index in [1.165, 1.54) is 7.11 Å². The van der Waals surface area contributed by atoms with Crippen LogP contribution in [0.15, 0.2) is 0 Å². The number of rotatable bonds is 7. The zero-order valence-electron chi connectivity index (χ0n) is 9.06. The van der Waals surface area contributed by atoms with Crippen LogP contribution in [0.4, 0.5) is 0 Å². The van der Waals surface area contributed by atoms with Crippen LogP contribution in [-0.4, -0.2) is 36.5 Å². The molecule has 1 amide bonds. The van der Waals surface area contributed by atoms with E-state index in [2.05, 4.69) is 4.74 Å². The molecule has 4 N–H and O–H groups in total. The predicted molar refractivity (Wildman–Crippen MR) is 60.3 cm³/mol. The van der Waals surface area contributed by atoms with Gasteiger partial charge in [-0.2, -0.15) is 11.8 Å². The standard InChI is InChI=1S/C9H18N2O3S/c1-6(8(11)12)5-15-4-3-7(10)9(13)14-2/h6-7H,3-5,10H2,1-2H3,(H2,11,12). The van der Waals surface area contributed by atoms with Crippen LogP contribution >= 0.6 is 11.8 Å². The Morgan fingerprint density at radius 3 is 2.53 bits per heavy atom. The molecule has 0 aromatic carbocycles. The molecule has 5 nitrogen and oxygen atoms in total. The Hall–Kier alpha value is -0.750. The number of ether oxygens (including phenoxy) is 1. The molecule has 0 aliphatic carbocycles. The SMILES string of the molecule is COC(=O)C(N)CCSCC(C)C(N)=O. The Labute approximate surface area is 93.9 Å². The Bertz CT molecular complexity index is 223. The van der Waals surface area contributed by atoms with Crippen LogP contribution in [-0.2, 0) is 14.3 Å². The average Bonchev–Trinajstić information content (AvgIpc) is 2.22. The molecule has 0 aliphatic rings. The van der Waals surface area contributed by atoms with Gasteiger partial charge in [0, 0.05) is 11.7 Å². The first-order chi connectivity index (χ1) is 6.99. The third-order valence-electron chi connectivity index (χ3n) is 1.93. The van der Waals surface area contributed by atoms with Gasteiger partial charge in [-0.3, -0.25) is 9.59 Å². The number of methoxy groups -OCH3 is 1. The quantitative estimate of drug-likeness (QED) is 0.467. The fraction of sp³-hybridized carbons (Fsp3) is 0.778. The molecule has 15 heavy (non-hydrogen) atoms. The Morgan fingerprint density at radius 1 is 1.47 bits per heavy atom. The molecule has 0 rings (SSSR count). The lowest BCUT2D eigenvalue weighted by Gasteiger charge is -2.09. The van der Waals surface area contributed by atoms with Crippen LogP contribution in [0.5, 0.6) is 0 Å². The predicted octanol–water partition coefficient (Wildman–Crippen LogP) is -0.269. The summed E-state index contributed by atoms with van der Waals surface area (Å²) in [5.41, 5.74) is 10.6. The van der Waals surface area contributed by atoms with E-state index < -0.39 is 12.0 Å². The van der Waals surface area contributed by atoms with Gasteiger partial charge in [-0.25, -0.2) is 0 Å². The Morgan fingerprint density at radius 2 is 2.07 bits per heavy atom. The van der Waals surface area contributed by atoms with Crippen molar-refractivity contribution in [2.24, 2.45) is 17.4 Å². The third kappa shape index (κ3) is 6.35. The smallest absolute Gasteiger partial charge is 0.322 e. The molecule has 0 fully saturated rings. The Balaban J connectivity index is 3.54. The van der Waals surface area contributed by atoms with E-state index >= 15 is 0 Å². The van der Waals surface area contributed by atoms with Gasteiger partial charge in [0.1, 0.15) is 6.04 Å². The molecule has 0 saturated carbocycles. The van der Waals surface area contributed by atoms with Crippen molar-refractivity contribution in [3.05, 3.63) is 0 Å². The van der Waals surface area contributed by atoms with Crippen molar-refractivity contribution in [2.75, 3.05) is 18.6 Å². The second kappa shape index (κ2) is 7.53. The second-order valence-corrected chi connectivity index (χ2v) is 4.45. The number of nitrogens with two attached hydrogens (primary N) is 2. The van der Waals surface area contributed by atoms with Gasteiger partial charge < -0.3 is 16.2 Å². The maximum atomic E-state index is 10.9. The molecule has 0 saturated heterocycles. The molecule has 0 radical (unpaired) electrons. The van der Waals surface area contributed by atoms with Gasteiger partial charge in [0.05, 0.1) is 7.11 Å². The molecule has 0 bridgehead atoms. The topological polar surface area (TPSA) is 95.4 Å². The van der Waals surface area contributed by atoms with E-state index in [4.69, 9.17) is 11.5 Å². The number of amides is 1. The number of esters is 1. The second-order valence-electron chi connectivity index (χ2n) is 3.30. The summed E-state index contributed by atoms with van der Waals surface area (Å²) < 4.78 is 4.48. The maximum absolute atomic E-state index is 10.9. The number of primary amides is 1. The van der Waals surface area contributed by atoms with Gasteiger partial charge >= 0.3 is 5.97 Å². The monoisotopic (exact) mass is 234 g/mol. The van der Waals surface area contributed by atoms with Gasteiger partial charge in [-0.1, -0.05) is 6.92 Å². The van der Waals surface area contributed by atoms with Crippen molar-refractivity contribution in [3.8, 4) is 0 Å². The van der Waals surface area contributed by atoms with Crippen LogP contribution < -0.4 is 11.5 Å². The average molecular weight is 234 g/mol. The summed E-state index contributed by atoms with van der Waals surface area (Å²) in [6, 6.07) is -0.577. The summed E-state index contributed by atoms with van der Waals surface area (Å²) in [6.07, 6.45) is 0.544. The minimum Gasteiger partial charge on any atom is -0.468 e. The van der Waals surface area contributed by atoms with Crippen molar-refractivity contribution in [2.45, 2.75) is 19.4 Å². The lowest BCUT2D eigenvalue weighted by Crippen LogP contribution is -2.32. The molecule has 88 valence electrons. The summed E-state index contributed by atoms with van der Waals surface area (Å²) in [4.78, 5) is 21.6. The van der Waals surface area contributed by atoms with Crippen molar-refractivity contribution in [1.29, 1.82) is 0 Å². The van der Waals surface area contributed by atoms with Gasteiger partial charge in [0.2, 0.25) is 5.91 Å². The van der Waals surface area contributed by atoms with E-state index in [9.17, 15) is 9.59 Å². The summed E-state index contributed by atoms with van der Waals surface area (Å²) >= 11 is 1.56. The van der Waals surface area contributed by atoms with Crippen molar-refractivity contribution in [1.82, 2.24) is 0 Å². The summed E-state index contributed by atoms with van der Waals surface area (Å²) in [5, 5.41) is 0. The molecule has 2 atom stereocenters. The summed E-state index contributed by atoms with van der Waals surface area (Å²) in [6.45, 7) is 1.77. The van der Waals surface area contributed by atoms with Gasteiger partial charge in [-0.05, 0) is 12.2 Å². The van der Waals surface area contributed by atoms with E-state index in [0.717, 1.165) is 0 Å². The lowest BCUT2D eigenvalue weighted by molar-refractivity contribution is -0.142. The molecule has 6 heteroatoms. The van der Waals surface area contributed by atoms with Gasteiger partial charge in [0.25, 0.3) is 0 Å². The number of hydrogen-bond acceptors (Lipinski definition) is 5. The van der Waals surface area contributed by atoms with E-state index in [0.29, 0.717) is 17.9 Å². The zero-order valence-corrected chi connectivity index (χ0v) is 9.88. The van der Waals surface area contributed by atoms with Gasteiger partial charge in [-0.15, -0.1) is 0 Å². The first-order valence-electron chi connectivity index (χ1n) is 4.69. The fourth-order valence-corrected chi connectivity index (χ4v) is 1.93. The van der Waals surface area contributed by atoms with E-state index in [1.807, 2.05) is 0 Å². The maximum Gasteiger partial charge on any atom is 0.322 e. The third-order valence-corrected chi connectivity index (χ3v) is 3.19. The van der Waals surface area contributed by atoms with E-state index in [-0.39, 0.29) is 11.8 Å². The minimum atomic E-state index is -0.577. The van der Waals surface area contributed by atoms with Crippen LogP contribution in [0.3, 0.4) is 0 Å². The number of hydrogen-bond donors (Lipinski definition) is 2. The molecule has 0 aliphatic heterocycles. The fourth-order valence-electron chi connectivity index (χ4n) is 0.822. The highest BCUT2D eigenvalue weighted by molar-refractivity contribution is 7.99. The van der Waals surface area contributed by atoms with Crippen molar-refractivity contribution in [3.63, 3.8) is 0 Å². The molecule has 0 spiro atoms. The molecular formula is C9H18N2O3S. The normalized spacial score (nSPS) is 14.3. The van der Waals surface area contributed by atoms with Crippen LogP contribution in [0.1, 0.15) is 13.3 Å². The number of carbonyl (C=O) groups excluding carboxylic acids is 2. The van der Waals surface area contributed by atoms with Crippen LogP contribution in [0, 0.1) is 5.92 Å². The first-order valence-corrected chi connectivity index (χ1v) is 5.85. The molecule has 0 aromatic rings. The van der Waals surface area contributed by atoms with E-state index in [1.54, 1.807) is 18.7 Å². The minimum absolute atomic E-state index is 0.149. The van der Waals surface area contributed by atoms with Crippen molar-refractivity contribution >= 4 is 23.6 Å². The van der Waals surface area contributed by atoms with Crippen LogP contribution in [0.2, 0.25) is 0 Å². The van der Waals surface area contributed by atoms with Gasteiger partial charge in [0.15, 0.2) is 0 Å². The highest BCUT2D eigenvalue weighted by Gasteiger charge is 2.14. The van der Waals surface area contributed by atoms with Crippen LogP contribution in [0.25, 0.3) is 0 Å². The highest BCUT2D eigenvalue weighted by atomic mass is 32.2. The largest absolute Gasteiger partial charge is 0.468 e.